The van der Waals surface area contributed by atoms with Gasteiger partial charge in [-0.1, -0.05) is 30.3 Å². The maximum absolute atomic E-state index is 14.6. The lowest BCUT2D eigenvalue weighted by atomic mass is 9.79. The number of benzene rings is 3. The number of hydrogen-bond acceptors (Lipinski definition) is 6. The van der Waals surface area contributed by atoms with E-state index < -0.39 is 11.5 Å². The standard InChI is InChI=1S/C38H48N2O6/c1-25-10-8-12-29(26(25)2)22-40(30-14-15-30)36(41)35-23-39(37(42)46-38(3,4)5)17-16-34(35)28-11-9-13-31(20-28)45-24-27-18-32(43-6)21-33(19-27)44-7/h8-13,18-21,30,34-35H,14-17,22-24H2,1-7H3/t34-,35+/m1/s1. The van der Waals surface area contributed by atoms with Crippen molar-refractivity contribution >= 4 is 12.0 Å². The summed E-state index contributed by atoms with van der Waals surface area (Å²) in [5, 5.41) is 0. The van der Waals surface area contributed by atoms with Crippen LogP contribution in [0.1, 0.15) is 73.8 Å². The summed E-state index contributed by atoms with van der Waals surface area (Å²) in [5.74, 6) is 1.72. The molecule has 2 atom stereocenters. The smallest absolute Gasteiger partial charge is 0.410 e. The first-order chi connectivity index (χ1) is 22.0. The Kier molecular flexibility index (Phi) is 10.1. The molecule has 0 unspecified atom stereocenters. The Morgan fingerprint density at radius 2 is 1.59 bits per heavy atom. The third kappa shape index (κ3) is 8.14. The van der Waals surface area contributed by atoms with Gasteiger partial charge in [-0.25, -0.2) is 4.79 Å². The van der Waals surface area contributed by atoms with Gasteiger partial charge in [0, 0.05) is 31.7 Å². The maximum Gasteiger partial charge on any atom is 0.410 e. The second-order valence-electron chi connectivity index (χ2n) is 13.6. The van der Waals surface area contributed by atoms with E-state index in [1.807, 2.05) is 57.2 Å². The summed E-state index contributed by atoms with van der Waals surface area (Å²) in [4.78, 5) is 31.6. The monoisotopic (exact) mass is 628 g/mol. The summed E-state index contributed by atoms with van der Waals surface area (Å²) < 4.78 is 22.8. The predicted molar refractivity (Wildman–Crippen MR) is 178 cm³/mol. The number of amides is 2. The topological polar surface area (TPSA) is 77.5 Å². The second kappa shape index (κ2) is 14.1. The largest absolute Gasteiger partial charge is 0.497 e. The van der Waals surface area contributed by atoms with Crippen LogP contribution in [0.3, 0.4) is 0 Å². The first kappa shape index (κ1) is 33.2. The third-order valence-electron chi connectivity index (χ3n) is 9.01. The number of piperidine rings is 1. The Labute approximate surface area is 273 Å². The number of carbonyl (C=O) groups excluding carboxylic acids is 2. The summed E-state index contributed by atoms with van der Waals surface area (Å²) in [6.07, 6.45) is 2.28. The van der Waals surface area contributed by atoms with E-state index in [-0.39, 0.29) is 24.0 Å². The van der Waals surface area contributed by atoms with E-state index >= 15 is 0 Å². The van der Waals surface area contributed by atoms with Crippen molar-refractivity contribution in [2.45, 2.75) is 84.6 Å². The highest BCUT2D eigenvalue weighted by Crippen LogP contribution is 2.39. The summed E-state index contributed by atoms with van der Waals surface area (Å²) in [5.41, 5.74) is 4.94. The van der Waals surface area contributed by atoms with Gasteiger partial charge in [-0.15, -0.1) is 0 Å². The van der Waals surface area contributed by atoms with Crippen LogP contribution in [0.15, 0.2) is 60.7 Å². The molecule has 2 aliphatic rings. The number of nitrogens with zero attached hydrogens (tertiary/aromatic N) is 2. The first-order valence-electron chi connectivity index (χ1n) is 16.2. The van der Waals surface area contributed by atoms with Crippen LogP contribution < -0.4 is 14.2 Å². The van der Waals surface area contributed by atoms with Crippen LogP contribution >= 0.6 is 0 Å². The van der Waals surface area contributed by atoms with E-state index in [0.717, 1.165) is 29.7 Å². The van der Waals surface area contributed by atoms with Crippen LogP contribution in [0.4, 0.5) is 4.79 Å². The van der Waals surface area contributed by atoms with E-state index in [1.54, 1.807) is 19.1 Å². The molecule has 8 heteroatoms. The molecule has 5 rings (SSSR count). The fourth-order valence-corrected chi connectivity index (χ4v) is 6.20. The zero-order chi connectivity index (χ0) is 33.0. The summed E-state index contributed by atoms with van der Waals surface area (Å²) in [6.45, 7) is 11.6. The van der Waals surface area contributed by atoms with Crippen LogP contribution in [0.5, 0.6) is 17.2 Å². The third-order valence-corrected chi connectivity index (χ3v) is 9.01. The molecule has 8 nitrogen and oxygen atoms in total. The van der Waals surface area contributed by atoms with Crippen molar-refractivity contribution in [1.82, 2.24) is 9.80 Å². The zero-order valence-electron chi connectivity index (χ0n) is 28.3. The van der Waals surface area contributed by atoms with Crippen LogP contribution in [-0.4, -0.2) is 60.8 Å². The molecule has 0 radical (unpaired) electrons. The van der Waals surface area contributed by atoms with Crippen molar-refractivity contribution in [3.8, 4) is 17.2 Å². The van der Waals surface area contributed by atoms with Gasteiger partial charge in [0.1, 0.15) is 29.5 Å². The van der Waals surface area contributed by atoms with Gasteiger partial charge in [-0.05, 0) is 112 Å². The van der Waals surface area contributed by atoms with Crippen molar-refractivity contribution in [2.24, 2.45) is 5.92 Å². The van der Waals surface area contributed by atoms with Gasteiger partial charge in [-0.2, -0.15) is 0 Å². The van der Waals surface area contributed by atoms with E-state index in [2.05, 4.69) is 43.0 Å². The zero-order valence-corrected chi connectivity index (χ0v) is 28.3. The highest BCUT2D eigenvalue weighted by atomic mass is 16.6. The average Bonchev–Trinajstić information content (AvgIpc) is 3.88. The number of methoxy groups -OCH3 is 2. The van der Waals surface area contributed by atoms with Crippen LogP contribution in [0.25, 0.3) is 0 Å². The van der Waals surface area contributed by atoms with E-state index in [9.17, 15) is 9.59 Å². The fourth-order valence-electron chi connectivity index (χ4n) is 6.20. The van der Waals surface area contributed by atoms with Crippen molar-refractivity contribution < 1.29 is 28.5 Å². The van der Waals surface area contributed by atoms with Crippen molar-refractivity contribution in [3.05, 3.63) is 88.5 Å². The molecule has 2 amide bonds. The number of hydrogen-bond donors (Lipinski definition) is 0. The molecule has 3 aromatic rings. The van der Waals surface area contributed by atoms with Gasteiger partial charge in [0.15, 0.2) is 0 Å². The molecule has 46 heavy (non-hydrogen) atoms. The van der Waals surface area contributed by atoms with Crippen LogP contribution in [0.2, 0.25) is 0 Å². The van der Waals surface area contributed by atoms with Crippen molar-refractivity contribution in [3.63, 3.8) is 0 Å². The van der Waals surface area contributed by atoms with Gasteiger partial charge < -0.3 is 28.7 Å². The number of rotatable bonds is 10. The highest BCUT2D eigenvalue weighted by Gasteiger charge is 2.43. The highest BCUT2D eigenvalue weighted by molar-refractivity contribution is 5.82. The Morgan fingerprint density at radius 3 is 2.24 bits per heavy atom. The predicted octanol–water partition coefficient (Wildman–Crippen LogP) is 7.43. The van der Waals surface area contributed by atoms with Crippen LogP contribution in [0, 0.1) is 19.8 Å². The molecule has 3 aromatic carbocycles. The molecule has 1 aliphatic heterocycles. The quantitative estimate of drug-likeness (QED) is 0.232. The number of ether oxygens (including phenoxy) is 4. The molecule has 1 saturated heterocycles. The van der Waals surface area contributed by atoms with Gasteiger partial charge in [0.05, 0.1) is 20.1 Å². The lowest BCUT2D eigenvalue weighted by Gasteiger charge is -2.40. The molecule has 0 aromatic heterocycles. The minimum Gasteiger partial charge on any atom is -0.497 e. The molecule has 0 N–H and O–H groups in total. The van der Waals surface area contributed by atoms with E-state index in [0.29, 0.717) is 44.2 Å². The van der Waals surface area contributed by atoms with E-state index in [4.69, 9.17) is 18.9 Å². The lowest BCUT2D eigenvalue weighted by molar-refractivity contribution is -0.139. The molecular formula is C38H48N2O6. The average molecular weight is 629 g/mol. The van der Waals surface area contributed by atoms with Gasteiger partial charge in [0.2, 0.25) is 5.91 Å². The van der Waals surface area contributed by atoms with Gasteiger partial charge >= 0.3 is 6.09 Å². The summed E-state index contributed by atoms with van der Waals surface area (Å²) >= 11 is 0. The van der Waals surface area contributed by atoms with Crippen molar-refractivity contribution in [2.75, 3.05) is 27.3 Å². The van der Waals surface area contributed by atoms with Crippen molar-refractivity contribution in [1.29, 1.82) is 0 Å². The molecule has 1 heterocycles. The normalized spacial score (nSPS) is 18.1. The van der Waals surface area contributed by atoms with Gasteiger partial charge in [0.25, 0.3) is 0 Å². The lowest BCUT2D eigenvalue weighted by Crippen LogP contribution is -2.51. The van der Waals surface area contributed by atoms with Crippen LogP contribution in [-0.2, 0) is 22.7 Å². The Balaban J connectivity index is 1.41. The first-order valence-corrected chi connectivity index (χ1v) is 16.2. The molecule has 1 saturated carbocycles. The number of likely N-dealkylation sites (tertiary alicyclic amines) is 1. The fraction of sp³-hybridized carbons (Fsp3) is 0.474. The molecule has 1 aliphatic carbocycles. The summed E-state index contributed by atoms with van der Waals surface area (Å²) in [7, 11) is 3.25. The van der Waals surface area contributed by atoms with Gasteiger partial charge in [-0.3, -0.25) is 4.79 Å². The Morgan fingerprint density at radius 1 is 0.891 bits per heavy atom. The SMILES string of the molecule is COc1cc(COc2cccc([C@H]3CCN(C(=O)OC(C)(C)C)C[C@@H]3C(=O)N(Cc3cccc(C)c3C)C3CC3)c2)cc(OC)c1. The number of carbonyl (C=O) groups is 2. The minimum atomic E-state index is -0.616. The Bertz CT molecular complexity index is 1520. The molecule has 0 spiro atoms. The van der Waals surface area contributed by atoms with E-state index in [1.165, 1.54) is 16.7 Å². The molecule has 246 valence electrons. The minimum absolute atomic E-state index is 0.0773. The maximum atomic E-state index is 14.6. The molecule has 0 bridgehead atoms. The Hall–Kier alpha value is -4.20. The molecular weight excluding hydrogens is 580 g/mol. The molecule has 2 fully saturated rings. The second-order valence-corrected chi connectivity index (χ2v) is 13.6. The number of aryl methyl sites for hydroxylation is 1. The summed E-state index contributed by atoms with van der Waals surface area (Å²) in [6, 6.07) is 20.2.